The predicted octanol–water partition coefficient (Wildman–Crippen LogP) is 4.12. The molecule has 1 fully saturated rings. The highest BCUT2D eigenvalue weighted by Gasteiger charge is 2.36. The number of nitrogens with zero attached hydrogens (tertiary/aromatic N) is 4. The Kier molecular flexibility index (Phi) is 10.2. The third-order valence-corrected chi connectivity index (χ3v) is 5.70. The van der Waals surface area contributed by atoms with E-state index in [1.807, 2.05) is 11.9 Å². The van der Waals surface area contributed by atoms with Crippen LogP contribution in [0.25, 0.3) is 0 Å². The van der Waals surface area contributed by atoms with Gasteiger partial charge in [0.05, 0.1) is 25.0 Å². The molecule has 0 aromatic carbocycles. The fourth-order valence-corrected chi connectivity index (χ4v) is 3.56. The molecule has 0 aromatic heterocycles. The van der Waals surface area contributed by atoms with Gasteiger partial charge in [-0.25, -0.2) is 14.7 Å². The first-order chi connectivity index (χ1) is 16.5. The summed E-state index contributed by atoms with van der Waals surface area (Å²) in [5.41, 5.74) is 1.63. The maximum absolute atomic E-state index is 13.7. The third-order valence-electron chi connectivity index (χ3n) is 5.37. The summed E-state index contributed by atoms with van der Waals surface area (Å²) in [6, 6.07) is 0. The second-order valence-electron chi connectivity index (χ2n) is 8.10. The van der Waals surface area contributed by atoms with Crippen molar-refractivity contribution in [3.63, 3.8) is 0 Å². The number of halogens is 1. The molecule has 0 aliphatic carbocycles. The van der Waals surface area contributed by atoms with E-state index in [4.69, 9.17) is 28.9 Å². The van der Waals surface area contributed by atoms with Crippen molar-refractivity contribution in [2.45, 2.75) is 32.9 Å². The number of aliphatic imine (C=N–C) groups is 1. The molecule has 2 rings (SSSR count). The predicted molar refractivity (Wildman–Crippen MR) is 140 cm³/mol. The Morgan fingerprint density at radius 1 is 1.14 bits per heavy atom. The SMILES string of the molecule is [B]C(C)C(=O)OC(C)OC(=O)N1C(N2CCN(C)CC2)=C(C=C)C(C=C)=NC(=C)/C1=C\C(Cl)=C/C. The van der Waals surface area contributed by atoms with E-state index in [1.54, 1.807) is 31.2 Å². The van der Waals surface area contributed by atoms with Gasteiger partial charge in [0.25, 0.3) is 0 Å². The second kappa shape index (κ2) is 12.6. The normalized spacial score (nSPS) is 20.7. The quantitative estimate of drug-likeness (QED) is 0.299. The van der Waals surface area contributed by atoms with Gasteiger partial charge in [-0.1, -0.05) is 50.4 Å². The Morgan fingerprint density at radius 3 is 2.29 bits per heavy atom. The standard InChI is InChI=1S/C25H32BClN4O4/c1-8-19(27)15-22-17(5)28-21(10-3)20(9-2)23(30-13-11-29(7)12-14-30)31(22)25(33)35-18(6)34-24(32)16(4)26/h8-10,15-16,18H,2-3,5,11-14H2,1,4,6-7H3/b19-8+,22-15+. The lowest BCUT2D eigenvalue weighted by Crippen LogP contribution is -2.49. The summed E-state index contributed by atoms with van der Waals surface area (Å²) >= 11 is 6.35. The summed E-state index contributed by atoms with van der Waals surface area (Å²) in [6.07, 6.45) is 4.44. The average Bonchev–Trinajstić information content (AvgIpc) is 2.93. The maximum atomic E-state index is 13.7. The number of carbonyl (C=O) groups excluding carboxylic acids is 2. The summed E-state index contributed by atoms with van der Waals surface area (Å²) in [6.45, 7) is 19.4. The molecule has 1 amide bonds. The number of piperazine rings is 1. The van der Waals surface area contributed by atoms with Gasteiger partial charge in [-0.3, -0.25) is 4.79 Å². The van der Waals surface area contributed by atoms with Gasteiger partial charge in [0.1, 0.15) is 5.82 Å². The second-order valence-corrected chi connectivity index (χ2v) is 8.53. The van der Waals surface area contributed by atoms with Crippen molar-refractivity contribution in [2.24, 2.45) is 4.99 Å². The van der Waals surface area contributed by atoms with Gasteiger partial charge >= 0.3 is 12.1 Å². The van der Waals surface area contributed by atoms with Gasteiger partial charge in [0.2, 0.25) is 6.29 Å². The molecule has 0 bridgehead atoms. The van der Waals surface area contributed by atoms with Crippen LogP contribution in [-0.4, -0.2) is 79.8 Å². The van der Waals surface area contributed by atoms with Crippen LogP contribution in [0.5, 0.6) is 0 Å². The molecular weight excluding hydrogens is 467 g/mol. The van der Waals surface area contributed by atoms with Gasteiger partial charge in [0.15, 0.2) is 0 Å². The lowest BCUT2D eigenvalue weighted by atomic mass is 9.90. The van der Waals surface area contributed by atoms with E-state index in [-0.39, 0.29) is 5.70 Å². The van der Waals surface area contributed by atoms with Crippen LogP contribution in [0.2, 0.25) is 5.82 Å². The molecule has 35 heavy (non-hydrogen) atoms. The molecule has 2 heterocycles. The highest BCUT2D eigenvalue weighted by Crippen LogP contribution is 2.33. The number of allylic oxidation sites excluding steroid dienone is 6. The minimum atomic E-state index is -1.20. The van der Waals surface area contributed by atoms with Crippen molar-refractivity contribution >= 4 is 37.2 Å². The summed E-state index contributed by atoms with van der Waals surface area (Å²) in [5.74, 6) is -1.07. The molecule has 186 valence electrons. The van der Waals surface area contributed by atoms with Crippen LogP contribution in [0.15, 0.2) is 76.9 Å². The Morgan fingerprint density at radius 2 is 1.77 bits per heavy atom. The van der Waals surface area contributed by atoms with Crippen molar-refractivity contribution in [3.05, 3.63) is 71.9 Å². The first-order valence-corrected chi connectivity index (χ1v) is 11.6. The fraction of sp³-hybridized carbons (Fsp3) is 0.400. The van der Waals surface area contributed by atoms with Crippen LogP contribution in [0.3, 0.4) is 0 Å². The smallest absolute Gasteiger partial charge is 0.423 e. The van der Waals surface area contributed by atoms with Gasteiger partial charge in [-0.2, -0.15) is 0 Å². The number of likely N-dealkylation sites (N-methyl/N-ethyl adjacent to an activating group) is 1. The lowest BCUT2D eigenvalue weighted by molar-refractivity contribution is -0.165. The van der Waals surface area contributed by atoms with Crippen molar-refractivity contribution < 1.29 is 19.1 Å². The number of hydrogen-bond acceptors (Lipinski definition) is 7. The Bertz CT molecular complexity index is 1010. The molecule has 8 nitrogen and oxygen atoms in total. The molecule has 0 aromatic rings. The van der Waals surface area contributed by atoms with Crippen molar-refractivity contribution in [1.29, 1.82) is 0 Å². The maximum Gasteiger partial charge on any atom is 0.423 e. The molecule has 0 saturated carbocycles. The van der Waals surface area contributed by atoms with Crippen LogP contribution in [0, 0.1) is 0 Å². The lowest BCUT2D eigenvalue weighted by Gasteiger charge is -2.40. The number of carbonyl (C=O) groups is 2. The number of ether oxygens (including phenoxy) is 2. The number of rotatable bonds is 7. The highest BCUT2D eigenvalue weighted by molar-refractivity contribution is 6.31. The van der Waals surface area contributed by atoms with Gasteiger partial charge in [0, 0.05) is 49.5 Å². The zero-order chi connectivity index (χ0) is 26.3. The molecule has 2 aliphatic heterocycles. The zero-order valence-corrected chi connectivity index (χ0v) is 21.5. The Hall–Kier alpha value is -3.04. The van der Waals surface area contributed by atoms with Crippen molar-refractivity contribution in [2.75, 3.05) is 33.2 Å². The average molecular weight is 499 g/mol. The largest absolute Gasteiger partial charge is 0.426 e. The van der Waals surface area contributed by atoms with Crippen LogP contribution >= 0.6 is 11.6 Å². The number of hydrogen-bond donors (Lipinski definition) is 0. The van der Waals surface area contributed by atoms with Crippen LogP contribution < -0.4 is 0 Å². The van der Waals surface area contributed by atoms with Gasteiger partial charge in [-0.15, -0.1) is 0 Å². The van der Waals surface area contributed by atoms with Crippen LogP contribution in [0.4, 0.5) is 4.79 Å². The number of esters is 1. The molecule has 0 spiro atoms. The van der Waals surface area contributed by atoms with E-state index < -0.39 is 24.2 Å². The van der Waals surface area contributed by atoms with Crippen molar-refractivity contribution in [3.8, 4) is 0 Å². The minimum Gasteiger partial charge on any atom is -0.426 e. The topological polar surface area (TPSA) is 74.7 Å². The zero-order valence-electron chi connectivity index (χ0n) is 20.8. The Labute approximate surface area is 214 Å². The molecular formula is C25H32BClN4O4. The van der Waals surface area contributed by atoms with E-state index >= 15 is 0 Å². The molecule has 0 N–H and O–H groups in total. The first-order valence-electron chi connectivity index (χ1n) is 11.2. The summed E-state index contributed by atoms with van der Waals surface area (Å²) in [4.78, 5) is 35.8. The molecule has 2 aliphatic rings. The molecule has 2 radical (unpaired) electrons. The van der Waals surface area contributed by atoms with E-state index in [1.165, 1.54) is 18.7 Å². The molecule has 2 atom stereocenters. The fourth-order valence-electron chi connectivity index (χ4n) is 3.46. The van der Waals surface area contributed by atoms with E-state index in [9.17, 15) is 9.59 Å². The first kappa shape index (κ1) is 28.2. The summed E-state index contributed by atoms with van der Waals surface area (Å²) < 4.78 is 10.7. The summed E-state index contributed by atoms with van der Waals surface area (Å²) in [7, 11) is 7.60. The summed E-state index contributed by atoms with van der Waals surface area (Å²) in [5, 5.41) is 0.366. The van der Waals surface area contributed by atoms with Crippen LogP contribution in [-0.2, 0) is 14.3 Å². The molecule has 10 heteroatoms. The monoisotopic (exact) mass is 498 g/mol. The van der Waals surface area contributed by atoms with Crippen LogP contribution in [0.1, 0.15) is 20.8 Å². The molecule has 2 unspecified atom stereocenters. The van der Waals surface area contributed by atoms with Gasteiger partial charge in [-0.05, 0) is 26.1 Å². The highest BCUT2D eigenvalue weighted by atomic mass is 35.5. The third kappa shape index (κ3) is 6.99. The van der Waals surface area contributed by atoms with E-state index in [0.717, 1.165) is 13.1 Å². The van der Waals surface area contributed by atoms with Crippen molar-refractivity contribution in [1.82, 2.24) is 14.7 Å². The van der Waals surface area contributed by atoms with E-state index in [0.29, 0.717) is 40.9 Å². The van der Waals surface area contributed by atoms with Gasteiger partial charge < -0.3 is 19.3 Å². The minimum absolute atomic E-state index is 0.264. The Balaban J connectivity index is 2.68. The molecule has 1 saturated heterocycles. The van der Waals surface area contributed by atoms with E-state index in [2.05, 4.69) is 29.6 Å². The number of amides is 1.